The highest BCUT2D eigenvalue weighted by molar-refractivity contribution is 8.03. The largest absolute Gasteiger partial charge is 0.353 e. The highest BCUT2D eigenvalue weighted by atomic mass is 32.2. The Morgan fingerprint density at radius 1 is 1.12 bits per heavy atom. The zero-order chi connectivity index (χ0) is 12.1. The minimum atomic E-state index is 1.13. The fraction of sp³-hybridized carbons (Fsp3) is 0.133. The van der Waals surface area contributed by atoms with Crippen molar-refractivity contribution in [2.75, 3.05) is 5.32 Å². The summed E-state index contributed by atoms with van der Waals surface area (Å²) in [5.74, 6) is 0. The van der Waals surface area contributed by atoms with Crippen molar-refractivity contribution in [2.24, 2.45) is 0 Å². The number of fused-ring (bicyclic) bond motifs is 2. The Hall–Kier alpha value is -1.63. The van der Waals surface area contributed by atoms with Crippen LogP contribution < -0.4 is 5.32 Å². The maximum Gasteiger partial charge on any atom is 0.0777 e. The SMILES string of the molecule is C1=CC=CC=C2Nc3ccccc3SC=12.CC. The van der Waals surface area contributed by atoms with Gasteiger partial charge in [-0.15, -0.1) is 5.73 Å². The van der Waals surface area contributed by atoms with Crippen LogP contribution in [0, 0.1) is 0 Å². The number of benzene rings is 1. The summed E-state index contributed by atoms with van der Waals surface area (Å²) in [6, 6.07) is 8.32. The van der Waals surface area contributed by atoms with Gasteiger partial charge in [-0.3, -0.25) is 0 Å². The van der Waals surface area contributed by atoms with E-state index in [1.807, 2.05) is 38.1 Å². The zero-order valence-electron chi connectivity index (χ0n) is 10.0. The Morgan fingerprint density at radius 2 is 1.94 bits per heavy atom. The Morgan fingerprint density at radius 3 is 2.82 bits per heavy atom. The second-order valence-corrected chi connectivity index (χ2v) is 4.38. The van der Waals surface area contributed by atoms with Gasteiger partial charge in [-0.05, 0) is 24.3 Å². The molecule has 17 heavy (non-hydrogen) atoms. The molecule has 1 heterocycles. The van der Waals surface area contributed by atoms with Crippen LogP contribution in [0.4, 0.5) is 5.69 Å². The Bertz CT molecular complexity index is 532. The topological polar surface area (TPSA) is 12.0 Å². The third kappa shape index (κ3) is 2.55. The molecule has 86 valence electrons. The first-order valence-electron chi connectivity index (χ1n) is 5.81. The minimum Gasteiger partial charge on any atom is -0.353 e. The van der Waals surface area contributed by atoms with E-state index in [9.17, 15) is 0 Å². The summed E-state index contributed by atoms with van der Waals surface area (Å²) in [4.78, 5) is 2.41. The summed E-state index contributed by atoms with van der Waals surface area (Å²) in [5.41, 5.74) is 5.57. The van der Waals surface area contributed by atoms with E-state index in [1.165, 1.54) is 10.6 Å². The van der Waals surface area contributed by atoms with Gasteiger partial charge in [0.05, 0.1) is 16.3 Å². The third-order valence-electron chi connectivity index (χ3n) is 2.30. The first kappa shape index (κ1) is 11.8. The molecule has 0 atom stereocenters. The first-order valence-corrected chi connectivity index (χ1v) is 6.63. The van der Waals surface area contributed by atoms with Crippen molar-refractivity contribution >= 4 is 17.4 Å². The van der Waals surface area contributed by atoms with E-state index in [2.05, 4.69) is 35.3 Å². The number of rotatable bonds is 0. The van der Waals surface area contributed by atoms with Crippen molar-refractivity contribution in [3.05, 3.63) is 64.9 Å². The fourth-order valence-electron chi connectivity index (χ4n) is 1.58. The van der Waals surface area contributed by atoms with E-state index < -0.39 is 0 Å². The maximum atomic E-state index is 3.41. The van der Waals surface area contributed by atoms with Gasteiger partial charge in [0.25, 0.3) is 0 Å². The molecule has 0 radical (unpaired) electrons. The second kappa shape index (κ2) is 5.62. The van der Waals surface area contributed by atoms with Gasteiger partial charge < -0.3 is 5.32 Å². The van der Waals surface area contributed by atoms with E-state index in [0.29, 0.717) is 0 Å². The Labute approximate surface area is 107 Å². The fourth-order valence-corrected chi connectivity index (χ4v) is 2.53. The second-order valence-electron chi connectivity index (χ2n) is 3.33. The third-order valence-corrected chi connectivity index (χ3v) is 3.42. The van der Waals surface area contributed by atoms with Gasteiger partial charge >= 0.3 is 0 Å². The van der Waals surface area contributed by atoms with Gasteiger partial charge in [0, 0.05) is 4.90 Å². The van der Waals surface area contributed by atoms with E-state index in [-0.39, 0.29) is 0 Å². The highest BCUT2D eigenvalue weighted by Crippen LogP contribution is 2.41. The maximum absolute atomic E-state index is 3.41. The van der Waals surface area contributed by atoms with Crippen LogP contribution in [0.3, 0.4) is 0 Å². The zero-order valence-corrected chi connectivity index (χ0v) is 10.8. The molecular formula is C15H15NS. The van der Waals surface area contributed by atoms with Crippen LogP contribution in [-0.2, 0) is 0 Å². The lowest BCUT2D eigenvalue weighted by molar-refractivity contribution is 1.34. The molecule has 0 saturated heterocycles. The van der Waals surface area contributed by atoms with Crippen LogP contribution in [0.1, 0.15) is 13.8 Å². The molecule has 0 saturated carbocycles. The van der Waals surface area contributed by atoms with Crippen LogP contribution in [0.25, 0.3) is 0 Å². The average molecular weight is 241 g/mol. The van der Waals surface area contributed by atoms with E-state index >= 15 is 0 Å². The van der Waals surface area contributed by atoms with Crippen molar-refractivity contribution in [3.8, 4) is 0 Å². The summed E-state index contributed by atoms with van der Waals surface area (Å²) < 4.78 is 0. The van der Waals surface area contributed by atoms with E-state index in [0.717, 1.165) is 10.6 Å². The van der Waals surface area contributed by atoms with E-state index in [4.69, 9.17) is 0 Å². The molecular weight excluding hydrogens is 226 g/mol. The predicted molar refractivity (Wildman–Crippen MR) is 76.1 cm³/mol. The van der Waals surface area contributed by atoms with Gasteiger partial charge in [0.1, 0.15) is 0 Å². The molecule has 1 N–H and O–H groups in total. The molecule has 2 heteroatoms. The summed E-state index contributed by atoms with van der Waals surface area (Å²) >= 11 is 1.76. The van der Waals surface area contributed by atoms with Crippen LogP contribution in [0.5, 0.6) is 0 Å². The smallest absolute Gasteiger partial charge is 0.0777 e. The van der Waals surface area contributed by atoms with Crippen molar-refractivity contribution in [2.45, 2.75) is 18.7 Å². The number of hydrogen-bond donors (Lipinski definition) is 1. The molecule has 3 rings (SSSR count). The summed E-state index contributed by atoms with van der Waals surface area (Å²) in [6.07, 6.45) is 8.04. The molecule has 0 amide bonds. The summed E-state index contributed by atoms with van der Waals surface area (Å²) in [5, 5.41) is 3.41. The Balaban J connectivity index is 0.000000514. The normalized spacial score (nSPS) is 15.2. The molecule has 1 nitrogen and oxygen atoms in total. The standard InChI is InChI=1S/C13H9NS.C2H6/c1-2-6-10-12(8-3-1)15-13-9-5-4-7-11(13)14-10;1-2/h1-7,9,14H;1-2H3. The number of nitrogens with one attached hydrogen (secondary N) is 1. The molecule has 1 aromatic carbocycles. The minimum absolute atomic E-state index is 1.13. The number of allylic oxidation sites excluding steroid dienone is 3. The lowest BCUT2D eigenvalue weighted by Gasteiger charge is -2.20. The number of hydrogen-bond acceptors (Lipinski definition) is 2. The summed E-state index contributed by atoms with van der Waals surface area (Å²) in [6.45, 7) is 4.00. The molecule has 0 bridgehead atoms. The monoisotopic (exact) mass is 241 g/mol. The van der Waals surface area contributed by atoms with Gasteiger partial charge in [-0.2, -0.15) is 0 Å². The van der Waals surface area contributed by atoms with Crippen molar-refractivity contribution < 1.29 is 0 Å². The van der Waals surface area contributed by atoms with E-state index in [1.54, 1.807) is 11.8 Å². The molecule has 1 aliphatic carbocycles. The van der Waals surface area contributed by atoms with Gasteiger partial charge in [-0.1, -0.05) is 49.9 Å². The lowest BCUT2D eigenvalue weighted by atomic mass is 10.3. The van der Waals surface area contributed by atoms with Crippen LogP contribution in [0.2, 0.25) is 0 Å². The van der Waals surface area contributed by atoms with Gasteiger partial charge in [-0.25, -0.2) is 0 Å². The van der Waals surface area contributed by atoms with Gasteiger partial charge in [0.15, 0.2) is 0 Å². The van der Waals surface area contributed by atoms with Crippen molar-refractivity contribution in [1.82, 2.24) is 0 Å². The average Bonchev–Trinajstić information content (AvgIpc) is 2.63. The van der Waals surface area contributed by atoms with Crippen molar-refractivity contribution in [3.63, 3.8) is 0 Å². The highest BCUT2D eigenvalue weighted by Gasteiger charge is 2.16. The first-order chi connectivity index (χ1) is 8.43. The number of thioether (sulfide) groups is 1. The number of para-hydroxylation sites is 1. The quantitative estimate of drug-likeness (QED) is 0.659. The number of anilines is 1. The van der Waals surface area contributed by atoms with Crippen LogP contribution in [0.15, 0.2) is 69.8 Å². The molecule has 0 spiro atoms. The Kier molecular flexibility index (Phi) is 3.92. The molecule has 0 unspecified atom stereocenters. The molecule has 0 fully saturated rings. The molecule has 2 aliphatic rings. The molecule has 0 aromatic heterocycles. The predicted octanol–water partition coefficient (Wildman–Crippen LogP) is 4.72. The van der Waals surface area contributed by atoms with Gasteiger partial charge in [0.2, 0.25) is 0 Å². The van der Waals surface area contributed by atoms with Crippen molar-refractivity contribution in [1.29, 1.82) is 0 Å². The summed E-state index contributed by atoms with van der Waals surface area (Å²) in [7, 11) is 0. The lowest BCUT2D eigenvalue weighted by Crippen LogP contribution is -2.06. The van der Waals surface area contributed by atoms with Crippen LogP contribution in [-0.4, -0.2) is 0 Å². The molecule has 1 aromatic rings. The molecule has 1 aliphatic heterocycles. The van der Waals surface area contributed by atoms with Crippen LogP contribution >= 0.6 is 11.8 Å².